The maximum Gasteiger partial charge on any atom is 0.191 e. The molecule has 0 aliphatic heterocycles. The molecule has 0 saturated carbocycles. The van der Waals surface area contributed by atoms with Crippen molar-refractivity contribution >= 4 is 5.96 Å². The fourth-order valence-electron chi connectivity index (χ4n) is 2.66. The third kappa shape index (κ3) is 5.05. The van der Waals surface area contributed by atoms with Gasteiger partial charge in [0.1, 0.15) is 6.33 Å². The monoisotopic (exact) mass is 342 g/mol. The van der Waals surface area contributed by atoms with Gasteiger partial charge < -0.3 is 15.2 Å². The van der Waals surface area contributed by atoms with Gasteiger partial charge in [-0.15, -0.1) is 10.2 Å². The average molecular weight is 342 g/mol. The quantitative estimate of drug-likeness (QED) is 0.599. The molecule has 0 atom stereocenters. The summed E-state index contributed by atoms with van der Waals surface area (Å²) in [4.78, 5) is 4.30. The van der Waals surface area contributed by atoms with Crippen molar-refractivity contribution in [2.45, 2.75) is 52.6 Å². The maximum absolute atomic E-state index is 4.30. The summed E-state index contributed by atoms with van der Waals surface area (Å²) in [5.74, 6) is 1.67. The summed E-state index contributed by atoms with van der Waals surface area (Å²) < 4.78 is 2.01. The molecule has 1 heterocycles. The third-order valence-corrected chi connectivity index (χ3v) is 4.52. The van der Waals surface area contributed by atoms with E-state index in [1.165, 1.54) is 11.1 Å². The average Bonchev–Trinajstić information content (AvgIpc) is 3.09. The Labute approximate surface area is 150 Å². The Kier molecular flexibility index (Phi) is 6.56. The van der Waals surface area contributed by atoms with Crippen molar-refractivity contribution in [3.05, 3.63) is 47.5 Å². The minimum absolute atomic E-state index is 0.00727. The van der Waals surface area contributed by atoms with Crippen LogP contribution in [0.25, 0.3) is 0 Å². The van der Waals surface area contributed by atoms with Crippen LogP contribution in [0.4, 0.5) is 0 Å². The topological polar surface area (TPSA) is 67.1 Å². The number of rotatable bonds is 7. The molecule has 0 radical (unpaired) electrons. The first-order valence-corrected chi connectivity index (χ1v) is 8.90. The van der Waals surface area contributed by atoms with Crippen molar-refractivity contribution in [3.63, 3.8) is 0 Å². The van der Waals surface area contributed by atoms with E-state index in [2.05, 4.69) is 77.8 Å². The predicted molar refractivity (Wildman–Crippen MR) is 103 cm³/mol. The highest BCUT2D eigenvalue weighted by molar-refractivity contribution is 5.79. The van der Waals surface area contributed by atoms with Gasteiger partial charge in [-0.3, -0.25) is 4.99 Å². The molecule has 2 aromatic rings. The van der Waals surface area contributed by atoms with Crippen molar-refractivity contribution in [2.24, 2.45) is 4.99 Å². The highest BCUT2D eigenvalue weighted by Gasteiger charge is 2.21. The second-order valence-electron chi connectivity index (χ2n) is 6.75. The first kappa shape index (κ1) is 19.0. The molecule has 0 aliphatic carbocycles. The molecule has 0 amide bonds. The summed E-state index contributed by atoms with van der Waals surface area (Å²) in [6, 6.07) is 8.87. The molecule has 1 aromatic carbocycles. The fourth-order valence-corrected chi connectivity index (χ4v) is 2.66. The van der Waals surface area contributed by atoms with Crippen LogP contribution in [0.1, 0.15) is 44.6 Å². The summed E-state index contributed by atoms with van der Waals surface area (Å²) in [5, 5.41) is 14.8. The minimum Gasteiger partial charge on any atom is -0.356 e. The molecule has 0 fully saturated rings. The van der Waals surface area contributed by atoms with Crippen molar-refractivity contribution in [1.82, 2.24) is 25.4 Å². The highest BCUT2D eigenvalue weighted by atomic mass is 15.3. The molecule has 25 heavy (non-hydrogen) atoms. The number of aryl methyl sites for hydroxylation is 2. The van der Waals surface area contributed by atoms with Gasteiger partial charge in [-0.2, -0.15) is 0 Å². The van der Waals surface area contributed by atoms with Gasteiger partial charge in [0.2, 0.25) is 0 Å². The lowest BCUT2D eigenvalue weighted by atomic mass is 9.84. The second-order valence-corrected chi connectivity index (χ2v) is 6.75. The number of aromatic nitrogens is 3. The minimum atomic E-state index is 0.00727. The molecule has 6 heteroatoms. The lowest BCUT2D eigenvalue weighted by molar-refractivity contribution is 0.507. The zero-order chi connectivity index (χ0) is 18.3. The van der Waals surface area contributed by atoms with E-state index in [1.54, 1.807) is 13.4 Å². The molecule has 1 aromatic heterocycles. The van der Waals surface area contributed by atoms with Crippen LogP contribution in [0.3, 0.4) is 0 Å². The van der Waals surface area contributed by atoms with Gasteiger partial charge in [-0.05, 0) is 24.5 Å². The smallest absolute Gasteiger partial charge is 0.191 e. The third-order valence-electron chi connectivity index (χ3n) is 4.52. The van der Waals surface area contributed by atoms with Crippen LogP contribution in [0.15, 0.2) is 35.6 Å². The van der Waals surface area contributed by atoms with E-state index in [4.69, 9.17) is 0 Å². The van der Waals surface area contributed by atoms with E-state index in [0.29, 0.717) is 6.54 Å². The first-order chi connectivity index (χ1) is 12.0. The van der Waals surface area contributed by atoms with E-state index >= 15 is 0 Å². The van der Waals surface area contributed by atoms with Gasteiger partial charge in [0.05, 0.1) is 6.54 Å². The van der Waals surface area contributed by atoms with Crippen molar-refractivity contribution in [1.29, 1.82) is 0 Å². The van der Waals surface area contributed by atoms with E-state index < -0.39 is 0 Å². The Balaban J connectivity index is 1.92. The summed E-state index contributed by atoms with van der Waals surface area (Å²) in [5.41, 5.74) is 2.69. The largest absolute Gasteiger partial charge is 0.356 e. The Bertz CT molecular complexity index is 684. The van der Waals surface area contributed by atoms with Crippen molar-refractivity contribution < 1.29 is 0 Å². The number of nitrogens with one attached hydrogen (secondary N) is 2. The number of guanidine groups is 1. The number of hydrogen-bond donors (Lipinski definition) is 2. The maximum atomic E-state index is 4.30. The summed E-state index contributed by atoms with van der Waals surface area (Å²) in [6.45, 7) is 11.0. The first-order valence-electron chi connectivity index (χ1n) is 8.90. The standard InChI is InChI=1S/C19H30N6/c1-6-15-8-10-16(11-9-15)19(3,4)13-22-18(20-5)21-12-17-24-23-14-25(17)7-2/h8-11,14H,6-7,12-13H2,1-5H3,(H2,20,21,22). The predicted octanol–water partition coefficient (Wildman–Crippen LogP) is 2.50. The fraction of sp³-hybridized carbons (Fsp3) is 0.526. The molecule has 136 valence electrons. The van der Waals surface area contributed by atoms with Gasteiger partial charge in [-0.25, -0.2) is 0 Å². The van der Waals surface area contributed by atoms with Gasteiger partial charge in [-0.1, -0.05) is 45.0 Å². The van der Waals surface area contributed by atoms with Crippen LogP contribution in [-0.2, 0) is 24.9 Å². The molecule has 0 spiro atoms. The molecule has 0 aliphatic rings. The normalized spacial score (nSPS) is 12.3. The molecular formula is C19H30N6. The lowest BCUT2D eigenvalue weighted by Gasteiger charge is -2.27. The molecule has 0 bridgehead atoms. The number of benzene rings is 1. The summed E-state index contributed by atoms with van der Waals surface area (Å²) in [6.07, 6.45) is 2.81. The Morgan fingerprint density at radius 2 is 1.88 bits per heavy atom. The van der Waals surface area contributed by atoms with E-state index in [9.17, 15) is 0 Å². The molecule has 0 saturated heterocycles. The van der Waals surface area contributed by atoms with Gasteiger partial charge in [0.15, 0.2) is 11.8 Å². The molecule has 2 N–H and O–H groups in total. The van der Waals surface area contributed by atoms with Crippen LogP contribution in [0.5, 0.6) is 0 Å². The summed E-state index contributed by atoms with van der Waals surface area (Å²) in [7, 11) is 1.78. The van der Waals surface area contributed by atoms with Gasteiger partial charge in [0, 0.05) is 25.6 Å². The highest BCUT2D eigenvalue weighted by Crippen LogP contribution is 2.22. The van der Waals surface area contributed by atoms with E-state index in [1.807, 2.05) is 4.57 Å². The van der Waals surface area contributed by atoms with E-state index in [0.717, 1.165) is 31.3 Å². The molecule has 0 unspecified atom stereocenters. The molecular weight excluding hydrogens is 312 g/mol. The lowest BCUT2D eigenvalue weighted by Crippen LogP contribution is -2.43. The zero-order valence-corrected chi connectivity index (χ0v) is 16.0. The zero-order valence-electron chi connectivity index (χ0n) is 16.0. The second kappa shape index (κ2) is 8.65. The molecule has 6 nitrogen and oxygen atoms in total. The number of nitrogens with zero attached hydrogens (tertiary/aromatic N) is 4. The van der Waals surface area contributed by atoms with Gasteiger partial charge >= 0.3 is 0 Å². The number of hydrogen-bond acceptors (Lipinski definition) is 3. The Hall–Kier alpha value is -2.37. The Morgan fingerprint density at radius 1 is 1.16 bits per heavy atom. The van der Waals surface area contributed by atoms with Crippen LogP contribution in [0.2, 0.25) is 0 Å². The van der Waals surface area contributed by atoms with Crippen LogP contribution < -0.4 is 10.6 Å². The number of aliphatic imine (C=N–C) groups is 1. The summed E-state index contributed by atoms with van der Waals surface area (Å²) >= 11 is 0. The van der Waals surface area contributed by atoms with Crippen LogP contribution in [0, 0.1) is 0 Å². The van der Waals surface area contributed by atoms with Crippen molar-refractivity contribution in [3.8, 4) is 0 Å². The SMILES string of the molecule is CCc1ccc(C(C)(C)CNC(=NC)NCc2nncn2CC)cc1. The van der Waals surface area contributed by atoms with Crippen molar-refractivity contribution in [2.75, 3.05) is 13.6 Å². The van der Waals surface area contributed by atoms with Crippen LogP contribution >= 0.6 is 0 Å². The van der Waals surface area contributed by atoms with Gasteiger partial charge in [0.25, 0.3) is 0 Å². The van der Waals surface area contributed by atoms with Crippen LogP contribution in [-0.4, -0.2) is 34.3 Å². The molecule has 2 rings (SSSR count). The Morgan fingerprint density at radius 3 is 2.48 bits per heavy atom. The van der Waals surface area contributed by atoms with E-state index in [-0.39, 0.29) is 5.41 Å².